The number of carbonyl (C=O) groups is 1. The van der Waals surface area contributed by atoms with Gasteiger partial charge in [0.05, 0.1) is 17.1 Å². The molecule has 3 aromatic heterocycles. The fraction of sp³-hybridized carbons (Fsp3) is 0.238. The lowest BCUT2D eigenvalue weighted by molar-refractivity contribution is -0.113. The van der Waals surface area contributed by atoms with Gasteiger partial charge < -0.3 is 9.88 Å². The van der Waals surface area contributed by atoms with E-state index in [2.05, 4.69) is 38.1 Å². The number of hydrogen-bond acceptors (Lipinski definition) is 6. The largest absolute Gasteiger partial charge is 0.310 e. The van der Waals surface area contributed by atoms with Crippen LogP contribution in [-0.4, -0.2) is 36.2 Å². The number of thiophene rings is 1. The zero-order chi connectivity index (χ0) is 20.9. The summed E-state index contributed by atoms with van der Waals surface area (Å²) in [7, 11) is 0. The quantitative estimate of drug-likeness (QED) is 0.419. The van der Waals surface area contributed by atoms with Gasteiger partial charge in [-0.25, -0.2) is 4.68 Å². The summed E-state index contributed by atoms with van der Waals surface area (Å²) in [6, 6.07) is 14.1. The van der Waals surface area contributed by atoms with E-state index in [0.29, 0.717) is 5.82 Å². The molecule has 0 radical (unpaired) electrons. The Kier molecular flexibility index (Phi) is 6.29. The normalized spacial score (nSPS) is 11.0. The average Bonchev–Trinajstić information content (AvgIpc) is 3.47. The summed E-state index contributed by atoms with van der Waals surface area (Å²) in [4.78, 5) is 13.9. The van der Waals surface area contributed by atoms with Crippen LogP contribution in [0.15, 0.2) is 59.3 Å². The van der Waals surface area contributed by atoms with Crippen molar-refractivity contribution >= 4 is 34.8 Å². The number of amides is 1. The summed E-state index contributed by atoms with van der Waals surface area (Å²) in [5, 5.41) is 18.4. The number of hydrogen-bond donors (Lipinski definition) is 1. The van der Waals surface area contributed by atoms with Gasteiger partial charge in [0.1, 0.15) is 12.1 Å². The Morgan fingerprint density at radius 2 is 2.03 bits per heavy atom. The molecule has 154 valence electrons. The predicted octanol–water partition coefficient (Wildman–Crippen LogP) is 4.12. The fourth-order valence-electron chi connectivity index (χ4n) is 2.98. The van der Waals surface area contributed by atoms with Crippen molar-refractivity contribution < 1.29 is 4.79 Å². The Balaban J connectivity index is 1.37. The van der Waals surface area contributed by atoms with Crippen molar-refractivity contribution in [3.05, 3.63) is 70.3 Å². The molecule has 1 aromatic carbocycles. The number of nitrogens with zero attached hydrogens (tertiary/aromatic N) is 5. The molecule has 0 atom stereocenters. The van der Waals surface area contributed by atoms with Crippen molar-refractivity contribution in [2.75, 3.05) is 11.1 Å². The predicted molar refractivity (Wildman–Crippen MR) is 120 cm³/mol. The third kappa shape index (κ3) is 4.98. The minimum atomic E-state index is -0.110. The molecule has 9 heteroatoms. The van der Waals surface area contributed by atoms with Crippen molar-refractivity contribution in [2.45, 2.75) is 32.0 Å². The van der Waals surface area contributed by atoms with Crippen molar-refractivity contribution in [2.24, 2.45) is 0 Å². The topological polar surface area (TPSA) is 77.6 Å². The van der Waals surface area contributed by atoms with E-state index in [4.69, 9.17) is 0 Å². The molecular weight excluding hydrogens is 416 g/mol. The lowest BCUT2D eigenvalue weighted by Gasteiger charge is -2.09. The van der Waals surface area contributed by atoms with E-state index in [1.807, 2.05) is 48.7 Å². The zero-order valence-corrected chi connectivity index (χ0v) is 18.4. The van der Waals surface area contributed by atoms with Crippen LogP contribution in [0.2, 0.25) is 0 Å². The van der Waals surface area contributed by atoms with Gasteiger partial charge in [-0.15, -0.1) is 21.5 Å². The minimum absolute atomic E-state index is 0.110. The molecule has 1 amide bonds. The summed E-state index contributed by atoms with van der Waals surface area (Å²) in [5.41, 5.74) is 2.92. The molecule has 7 nitrogen and oxygen atoms in total. The molecule has 0 saturated carbocycles. The van der Waals surface area contributed by atoms with Crippen LogP contribution >= 0.6 is 23.1 Å². The van der Waals surface area contributed by atoms with Gasteiger partial charge >= 0.3 is 0 Å². The smallest absolute Gasteiger partial charge is 0.236 e. The summed E-state index contributed by atoms with van der Waals surface area (Å²) >= 11 is 3.12. The maximum atomic E-state index is 12.6. The maximum Gasteiger partial charge on any atom is 0.236 e. The van der Waals surface area contributed by atoms with Crippen LogP contribution in [0.25, 0.3) is 5.69 Å². The van der Waals surface area contributed by atoms with Crippen molar-refractivity contribution in [1.82, 2.24) is 24.5 Å². The number of carbonyl (C=O) groups excluding carboxylic acids is 1. The lowest BCUT2D eigenvalue weighted by atomic mass is 10.2. The van der Waals surface area contributed by atoms with E-state index >= 15 is 0 Å². The summed E-state index contributed by atoms with van der Waals surface area (Å²) in [6.45, 7) is 4.74. The summed E-state index contributed by atoms with van der Waals surface area (Å²) in [5.74, 6) is 0.790. The number of aromatic nitrogens is 5. The molecular formula is C21H22N6OS2. The highest BCUT2D eigenvalue weighted by Gasteiger charge is 2.13. The highest BCUT2D eigenvalue weighted by atomic mass is 32.2. The average molecular weight is 439 g/mol. The second kappa shape index (κ2) is 9.27. The standard InChI is InChI=1S/C21H22N6OS2/c1-15-5-7-17(8-6-15)27-19(12-16(2)25-27)23-20(28)13-30-21-24-22-14-26(21)10-9-18-4-3-11-29-18/h3-8,11-12,14H,9-10,13H2,1-2H3,(H,23,28). The Labute approximate surface area is 183 Å². The first-order valence-electron chi connectivity index (χ1n) is 9.55. The molecule has 3 heterocycles. The van der Waals surface area contributed by atoms with E-state index in [1.54, 1.807) is 22.3 Å². The number of nitrogens with one attached hydrogen (secondary N) is 1. The van der Waals surface area contributed by atoms with Crippen molar-refractivity contribution in [3.8, 4) is 5.69 Å². The Hall–Kier alpha value is -2.91. The summed E-state index contributed by atoms with van der Waals surface area (Å²) in [6.07, 6.45) is 2.63. The van der Waals surface area contributed by atoms with Crippen LogP contribution in [-0.2, 0) is 17.8 Å². The molecule has 4 rings (SSSR count). The maximum absolute atomic E-state index is 12.6. The van der Waals surface area contributed by atoms with Crippen LogP contribution in [0.5, 0.6) is 0 Å². The third-order valence-electron chi connectivity index (χ3n) is 4.47. The van der Waals surface area contributed by atoms with E-state index in [9.17, 15) is 4.79 Å². The first kappa shape index (κ1) is 20.4. The molecule has 0 aliphatic rings. The summed E-state index contributed by atoms with van der Waals surface area (Å²) < 4.78 is 3.74. The molecule has 0 spiro atoms. The molecule has 0 fully saturated rings. The second-order valence-corrected chi connectivity index (χ2v) is 8.87. The van der Waals surface area contributed by atoms with Crippen LogP contribution in [0, 0.1) is 13.8 Å². The van der Waals surface area contributed by atoms with Gasteiger partial charge in [0.2, 0.25) is 5.91 Å². The molecule has 0 bridgehead atoms. The SMILES string of the molecule is Cc1ccc(-n2nc(C)cc2NC(=O)CSc2nncn2CCc2cccs2)cc1. The van der Waals surface area contributed by atoms with E-state index in [0.717, 1.165) is 29.5 Å². The number of aryl methyl sites for hydroxylation is 4. The van der Waals surface area contributed by atoms with Gasteiger partial charge in [-0.2, -0.15) is 5.10 Å². The molecule has 1 N–H and O–H groups in total. The monoisotopic (exact) mass is 438 g/mol. The molecule has 0 aliphatic heterocycles. The highest BCUT2D eigenvalue weighted by molar-refractivity contribution is 7.99. The van der Waals surface area contributed by atoms with Gasteiger partial charge in [0.25, 0.3) is 0 Å². The van der Waals surface area contributed by atoms with Crippen LogP contribution < -0.4 is 5.32 Å². The van der Waals surface area contributed by atoms with Gasteiger partial charge in [-0.1, -0.05) is 35.5 Å². The molecule has 4 aromatic rings. The Bertz CT molecular complexity index is 1120. The third-order valence-corrected chi connectivity index (χ3v) is 6.39. The molecule has 30 heavy (non-hydrogen) atoms. The lowest BCUT2D eigenvalue weighted by Crippen LogP contribution is -2.17. The van der Waals surface area contributed by atoms with Crippen LogP contribution in [0.1, 0.15) is 16.1 Å². The van der Waals surface area contributed by atoms with E-state index in [-0.39, 0.29) is 11.7 Å². The molecule has 0 unspecified atom stereocenters. The van der Waals surface area contributed by atoms with Gasteiger partial charge in [-0.05, 0) is 43.8 Å². The van der Waals surface area contributed by atoms with Crippen LogP contribution in [0.3, 0.4) is 0 Å². The number of anilines is 1. The fourth-order valence-corrected chi connectivity index (χ4v) is 4.42. The molecule has 0 saturated heterocycles. The number of rotatable bonds is 8. The second-order valence-electron chi connectivity index (χ2n) is 6.89. The van der Waals surface area contributed by atoms with Gasteiger partial charge in [-0.3, -0.25) is 4.79 Å². The van der Waals surface area contributed by atoms with E-state index in [1.165, 1.54) is 22.2 Å². The first-order chi connectivity index (χ1) is 14.6. The van der Waals surface area contributed by atoms with Crippen molar-refractivity contribution in [3.63, 3.8) is 0 Å². The zero-order valence-electron chi connectivity index (χ0n) is 16.8. The van der Waals surface area contributed by atoms with Gasteiger partial charge in [0.15, 0.2) is 5.16 Å². The first-order valence-corrected chi connectivity index (χ1v) is 11.4. The molecule has 0 aliphatic carbocycles. The van der Waals surface area contributed by atoms with Gasteiger partial charge in [0, 0.05) is 17.5 Å². The highest BCUT2D eigenvalue weighted by Crippen LogP contribution is 2.20. The number of benzene rings is 1. The van der Waals surface area contributed by atoms with E-state index < -0.39 is 0 Å². The number of thioether (sulfide) groups is 1. The van der Waals surface area contributed by atoms with Crippen molar-refractivity contribution in [1.29, 1.82) is 0 Å². The Morgan fingerprint density at radius 3 is 2.80 bits per heavy atom. The van der Waals surface area contributed by atoms with Crippen LogP contribution in [0.4, 0.5) is 5.82 Å². The minimum Gasteiger partial charge on any atom is -0.310 e. The Morgan fingerprint density at radius 1 is 1.20 bits per heavy atom.